The Bertz CT molecular complexity index is 542. The monoisotopic (exact) mass is 304 g/mol. The van der Waals surface area contributed by atoms with E-state index in [1.54, 1.807) is 13.8 Å². The molecule has 3 N–H and O–H groups in total. The van der Waals surface area contributed by atoms with Crippen molar-refractivity contribution in [3.63, 3.8) is 0 Å². The van der Waals surface area contributed by atoms with E-state index in [-0.39, 0.29) is 24.2 Å². The van der Waals surface area contributed by atoms with Crippen LogP contribution in [-0.2, 0) is 11.0 Å². The topological polar surface area (TPSA) is 78.4 Å². The summed E-state index contributed by atoms with van der Waals surface area (Å²) in [6, 6.07) is 2.19. The number of carboxylic acid groups (broad SMARTS) is 1. The number of aromatic carboxylic acids is 1. The second-order valence-electron chi connectivity index (χ2n) is 4.64. The molecule has 0 aliphatic rings. The van der Waals surface area contributed by atoms with Crippen LogP contribution in [0.15, 0.2) is 18.2 Å². The Morgan fingerprint density at radius 2 is 1.90 bits per heavy atom. The lowest BCUT2D eigenvalue weighted by Gasteiger charge is -2.13. The molecule has 0 heterocycles. The molecular weight excluding hydrogens is 289 g/mol. The van der Waals surface area contributed by atoms with Gasteiger partial charge in [0.2, 0.25) is 5.91 Å². The molecule has 0 saturated carbocycles. The van der Waals surface area contributed by atoms with E-state index >= 15 is 0 Å². The molecule has 21 heavy (non-hydrogen) atoms. The van der Waals surface area contributed by atoms with Gasteiger partial charge in [0.25, 0.3) is 0 Å². The molecule has 0 aromatic heterocycles. The molecular formula is C13H15F3N2O3. The number of hydrogen-bond acceptors (Lipinski definition) is 3. The number of amides is 1. The Hall–Kier alpha value is -2.25. The third kappa shape index (κ3) is 4.97. The van der Waals surface area contributed by atoms with Crippen LogP contribution in [-0.4, -0.2) is 29.6 Å². The van der Waals surface area contributed by atoms with E-state index in [2.05, 4.69) is 10.6 Å². The molecule has 0 aliphatic heterocycles. The Morgan fingerprint density at radius 3 is 2.38 bits per heavy atom. The van der Waals surface area contributed by atoms with Crippen molar-refractivity contribution in [3.05, 3.63) is 29.3 Å². The lowest BCUT2D eigenvalue weighted by molar-refractivity contribution is -0.137. The first kappa shape index (κ1) is 16.8. The highest BCUT2D eigenvalue weighted by molar-refractivity contribution is 5.95. The van der Waals surface area contributed by atoms with Crippen molar-refractivity contribution in [1.82, 2.24) is 5.32 Å². The van der Waals surface area contributed by atoms with E-state index in [1.807, 2.05) is 0 Å². The largest absolute Gasteiger partial charge is 0.478 e. The molecule has 0 radical (unpaired) electrons. The first-order valence-electron chi connectivity index (χ1n) is 6.09. The first-order chi connectivity index (χ1) is 9.61. The van der Waals surface area contributed by atoms with Gasteiger partial charge in [-0.25, -0.2) is 4.79 Å². The SMILES string of the molecule is CC(C)NC(=O)CNc1ccc(C(F)(F)F)cc1C(=O)O. The molecule has 1 aromatic rings. The molecule has 1 rings (SSSR count). The zero-order chi connectivity index (χ0) is 16.2. The van der Waals surface area contributed by atoms with E-state index in [9.17, 15) is 22.8 Å². The van der Waals surface area contributed by atoms with Gasteiger partial charge in [-0.05, 0) is 32.0 Å². The third-order valence-corrected chi connectivity index (χ3v) is 2.47. The summed E-state index contributed by atoms with van der Waals surface area (Å²) in [4.78, 5) is 22.4. The molecule has 1 amide bonds. The van der Waals surface area contributed by atoms with Crippen LogP contribution in [0.1, 0.15) is 29.8 Å². The summed E-state index contributed by atoms with van der Waals surface area (Å²) in [6.07, 6.45) is -4.63. The second kappa shape index (κ2) is 6.47. The summed E-state index contributed by atoms with van der Waals surface area (Å²) in [5.74, 6) is -1.89. The lowest BCUT2D eigenvalue weighted by atomic mass is 10.1. The highest BCUT2D eigenvalue weighted by atomic mass is 19.4. The molecule has 0 saturated heterocycles. The van der Waals surface area contributed by atoms with Crippen molar-refractivity contribution in [2.75, 3.05) is 11.9 Å². The van der Waals surface area contributed by atoms with Crippen LogP contribution < -0.4 is 10.6 Å². The van der Waals surface area contributed by atoms with Crippen LogP contribution in [0.5, 0.6) is 0 Å². The van der Waals surface area contributed by atoms with Gasteiger partial charge in [-0.2, -0.15) is 13.2 Å². The zero-order valence-electron chi connectivity index (χ0n) is 11.4. The number of anilines is 1. The minimum Gasteiger partial charge on any atom is -0.478 e. The van der Waals surface area contributed by atoms with Gasteiger partial charge >= 0.3 is 12.1 Å². The number of halogens is 3. The number of carbonyl (C=O) groups is 2. The predicted octanol–water partition coefficient (Wildman–Crippen LogP) is 2.34. The van der Waals surface area contributed by atoms with Gasteiger partial charge in [0, 0.05) is 11.7 Å². The fraction of sp³-hybridized carbons (Fsp3) is 0.385. The van der Waals surface area contributed by atoms with Crippen molar-refractivity contribution in [2.45, 2.75) is 26.1 Å². The molecule has 0 unspecified atom stereocenters. The summed E-state index contributed by atoms with van der Waals surface area (Å²) >= 11 is 0. The number of rotatable bonds is 5. The number of carbonyl (C=O) groups excluding carboxylic acids is 1. The Balaban J connectivity index is 2.92. The molecule has 8 heteroatoms. The number of benzene rings is 1. The van der Waals surface area contributed by atoms with Crippen LogP contribution in [0.2, 0.25) is 0 Å². The van der Waals surface area contributed by atoms with Crippen LogP contribution in [0, 0.1) is 0 Å². The van der Waals surface area contributed by atoms with Gasteiger partial charge in [-0.1, -0.05) is 0 Å². The molecule has 0 aliphatic carbocycles. The fourth-order valence-corrected chi connectivity index (χ4v) is 1.60. The highest BCUT2D eigenvalue weighted by Gasteiger charge is 2.31. The molecule has 0 spiro atoms. The number of carboxylic acids is 1. The zero-order valence-corrected chi connectivity index (χ0v) is 11.4. The summed E-state index contributed by atoms with van der Waals surface area (Å²) < 4.78 is 37.6. The van der Waals surface area contributed by atoms with Gasteiger partial charge in [0.15, 0.2) is 0 Å². The van der Waals surface area contributed by atoms with E-state index < -0.39 is 23.3 Å². The minimum absolute atomic E-state index is 0.0468. The van der Waals surface area contributed by atoms with Crippen LogP contribution >= 0.6 is 0 Å². The predicted molar refractivity (Wildman–Crippen MR) is 70.2 cm³/mol. The highest BCUT2D eigenvalue weighted by Crippen LogP contribution is 2.31. The van der Waals surface area contributed by atoms with Crippen LogP contribution in [0.3, 0.4) is 0 Å². The lowest BCUT2D eigenvalue weighted by Crippen LogP contribution is -2.35. The van der Waals surface area contributed by atoms with Gasteiger partial charge in [0.1, 0.15) is 0 Å². The van der Waals surface area contributed by atoms with Gasteiger partial charge < -0.3 is 15.7 Å². The number of hydrogen-bond donors (Lipinski definition) is 3. The van der Waals surface area contributed by atoms with Crippen LogP contribution in [0.25, 0.3) is 0 Å². The maximum Gasteiger partial charge on any atom is 0.416 e. The van der Waals surface area contributed by atoms with E-state index in [1.165, 1.54) is 0 Å². The first-order valence-corrected chi connectivity index (χ1v) is 6.09. The van der Waals surface area contributed by atoms with Crippen molar-refractivity contribution in [3.8, 4) is 0 Å². The Morgan fingerprint density at radius 1 is 1.29 bits per heavy atom. The summed E-state index contributed by atoms with van der Waals surface area (Å²) in [5.41, 5.74) is -1.64. The van der Waals surface area contributed by atoms with Crippen molar-refractivity contribution in [2.24, 2.45) is 0 Å². The molecule has 116 valence electrons. The quantitative estimate of drug-likeness (QED) is 0.780. The molecule has 1 aromatic carbocycles. The third-order valence-electron chi connectivity index (χ3n) is 2.47. The van der Waals surface area contributed by atoms with E-state index in [4.69, 9.17) is 5.11 Å². The second-order valence-corrected chi connectivity index (χ2v) is 4.64. The molecule has 0 bridgehead atoms. The minimum atomic E-state index is -4.63. The van der Waals surface area contributed by atoms with Crippen molar-refractivity contribution >= 4 is 17.6 Å². The Labute approximate surface area is 119 Å². The van der Waals surface area contributed by atoms with Gasteiger partial charge in [0.05, 0.1) is 17.7 Å². The average Bonchev–Trinajstić information content (AvgIpc) is 2.34. The maximum atomic E-state index is 12.5. The summed E-state index contributed by atoms with van der Waals surface area (Å²) in [5, 5.41) is 14.0. The maximum absolute atomic E-state index is 12.5. The van der Waals surface area contributed by atoms with Crippen molar-refractivity contribution < 1.29 is 27.9 Å². The number of nitrogens with one attached hydrogen (secondary N) is 2. The summed E-state index contributed by atoms with van der Waals surface area (Å²) in [7, 11) is 0. The normalized spacial score (nSPS) is 11.3. The molecule has 0 fully saturated rings. The van der Waals surface area contributed by atoms with Crippen LogP contribution in [0.4, 0.5) is 18.9 Å². The van der Waals surface area contributed by atoms with E-state index in [0.29, 0.717) is 6.07 Å². The Kier molecular flexibility index (Phi) is 5.17. The molecule has 5 nitrogen and oxygen atoms in total. The standard InChI is InChI=1S/C13H15F3N2O3/c1-7(2)18-11(19)6-17-10-4-3-8(13(14,15)16)5-9(10)12(20)21/h3-5,7,17H,6H2,1-2H3,(H,18,19)(H,20,21). The summed E-state index contributed by atoms with van der Waals surface area (Å²) in [6.45, 7) is 3.27. The average molecular weight is 304 g/mol. The van der Waals surface area contributed by atoms with Gasteiger partial charge in [-0.15, -0.1) is 0 Å². The van der Waals surface area contributed by atoms with E-state index in [0.717, 1.165) is 12.1 Å². The molecule has 0 atom stereocenters. The fourth-order valence-electron chi connectivity index (χ4n) is 1.60. The smallest absolute Gasteiger partial charge is 0.416 e. The van der Waals surface area contributed by atoms with Crippen molar-refractivity contribution in [1.29, 1.82) is 0 Å². The van der Waals surface area contributed by atoms with Gasteiger partial charge in [-0.3, -0.25) is 4.79 Å². The number of alkyl halides is 3.